The molecule has 0 saturated heterocycles. The van der Waals surface area contributed by atoms with Gasteiger partial charge in [-0.2, -0.15) is 0 Å². The number of ether oxygens (including phenoxy) is 1. The van der Waals surface area contributed by atoms with E-state index in [1.165, 1.54) is 27.8 Å². The van der Waals surface area contributed by atoms with Gasteiger partial charge >= 0.3 is 0 Å². The molecule has 2 aromatic carbocycles. The molecule has 1 aliphatic heterocycles. The quantitative estimate of drug-likeness (QED) is 0.614. The number of aliphatic hydroxyl groups is 1. The van der Waals surface area contributed by atoms with Crippen LogP contribution in [0.2, 0.25) is 0 Å². The minimum atomic E-state index is -0.525. The van der Waals surface area contributed by atoms with Gasteiger partial charge in [0.2, 0.25) is 0 Å². The third-order valence-electron chi connectivity index (χ3n) is 4.75. The SMILES string of the molecule is C/C(=C/C(C)O)O/C=C/c1ccccc1C1C=C(c2cc(C)cc(C)c2)C=CN1. The lowest BCUT2D eigenvalue weighted by Crippen LogP contribution is -2.17. The van der Waals surface area contributed by atoms with Crippen molar-refractivity contribution in [3.05, 3.63) is 107 Å². The lowest BCUT2D eigenvalue weighted by atomic mass is 9.93. The average molecular weight is 388 g/mol. The number of hydrogen-bond donors (Lipinski definition) is 2. The van der Waals surface area contributed by atoms with E-state index < -0.39 is 6.10 Å². The number of nitrogens with one attached hydrogen (secondary N) is 1. The van der Waals surface area contributed by atoms with Crippen molar-refractivity contribution in [1.82, 2.24) is 5.32 Å². The maximum absolute atomic E-state index is 9.40. The molecule has 3 heteroatoms. The van der Waals surface area contributed by atoms with E-state index in [2.05, 4.69) is 67.7 Å². The van der Waals surface area contributed by atoms with Gasteiger partial charge in [0.05, 0.1) is 24.2 Å². The summed E-state index contributed by atoms with van der Waals surface area (Å²) in [6.07, 6.45) is 11.2. The molecule has 0 bridgehead atoms. The molecule has 3 nitrogen and oxygen atoms in total. The van der Waals surface area contributed by atoms with Crippen LogP contribution in [0.5, 0.6) is 0 Å². The van der Waals surface area contributed by atoms with Crippen LogP contribution in [0.25, 0.3) is 11.6 Å². The molecule has 0 radical (unpaired) electrons. The van der Waals surface area contributed by atoms with Gasteiger partial charge in [-0.25, -0.2) is 0 Å². The minimum Gasteiger partial charge on any atom is -0.470 e. The predicted molar refractivity (Wildman–Crippen MR) is 121 cm³/mol. The fourth-order valence-corrected chi connectivity index (χ4v) is 3.58. The highest BCUT2D eigenvalue weighted by molar-refractivity contribution is 5.76. The lowest BCUT2D eigenvalue weighted by Gasteiger charge is -2.22. The van der Waals surface area contributed by atoms with Crippen molar-refractivity contribution in [3.63, 3.8) is 0 Å². The fraction of sp³-hybridized carbons (Fsp3) is 0.231. The summed E-state index contributed by atoms with van der Waals surface area (Å²) in [7, 11) is 0. The molecule has 0 saturated carbocycles. The highest BCUT2D eigenvalue weighted by atomic mass is 16.5. The van der Waals surface area contributed by atoms with Crippen LogP contribution in [-0.4, -0.2) is 11.2 Å². The summed E-state index contributed by atoms with van der Waals surface area (Å²) >= 11 is 0. The maximum atomic E-state index is 9.40. The van der Waals surface area contributed by atoms with E-state index in [-0.39, 0.29) is 6.04 Å². The third kappa shape index (κ3) is 5.72. The Labute approximate surface area is 173 Å². The molecule has 2 atom stereocenters. The molecule has 0 fully saturated rings. The topological polar surface area (TPSA) is 41.5 Å². The molecule has 2 aromatic rings. The molecule has 1 aliphatic rings. The van der Waals surface area contributed by atoms with Crippen molar-refractivity contribution in [3.8, 4) is 0 Å². The van der Waals surface area contributed by atoms with Crippen LogP contribution >= 0.6 is 0 Å². The average Bonchev–Trinajstić information content (AvgIpc) is 2.67. The summed E-state index contributed by atoms with van der Waals surface area (Å²) in [6.45, 7) is 7.80. The van der Waals surface area contributed by atoms with Crippen LogP contribution in [0.4, 0.5) is 0 Å². The summed E-state index contributed by atoms with van der Waals surface area (Å²) < 4.78 is 5.59. The molecule has 0 aromatic heterocycles. The number of hydrogen-bond acceptors (Lipinski definition) is 3. The first kappa shape index (κ1) is 20.7. The monoisotopic (exact) mass is 387 g/mol. The number of benzene rings is 2. The summed E-state index contributed by atoms with van der Waals surface area (Å²) in [4.78, 5) is 0. The van der Waals surface area contributed by atoms with Gasteiger partial charge in [-0.15, -0.1) is 0 Å². The molecule has 3 rings (SSSR count). The van der Waals surface area contributed by atoms with E-state index in [0.29, 0.717) is 5.76 Å². The molecule has 0 amide bonds. The summed E-state index contributed by atoms with van der Waals surface area (Å²) in [5, 5.41) is 12.9. The van der Waals surface area contributed by atoms with Crippen molar-refractivity contribution in [2.24, 2.45) is 0 Å². The van der Waals surface area contributed by atoms with Gasteiger partial charge in [0.25, 0.3) is 0 Å². The van der Waals surface area contributed by atoms with E-state index in [0.717, 1.165) is 5.56 Å². The van der Waals surface area contributed by atoms with Crippen LogP contribution in [0, 0.1) is 13.8 Å². The summed E-state index contributed by atoms with van der Waals surface area (Å²) in [5.41, 5.74) is 7.25. The largest absolute Gasteiger partial charge is 0.470 e. The van der Waals surface area contributed by atoms with E-state index in [1.54, 1.807) is 19.3 Å². The zero-order valence-electron chi connectivity index (χ0n) is 17.5. The molecule has 0 aliphatic carbocycles. The van der Waals surface area contributed by atoms with Crippen LogP contribution in [0.15, 0.2) is 78.9 Å². The smallest absolute Gasteiger partial charge is 0.0986 e. The van der Waals surface area contributed by atoms with Gasteiger partial charge in [-0.3, -0.25) is 0 Å². The van der Waals surface area contributed by atoms with Crippen molar-refractivity contribution in [1.29, 1.82) is 0 Å². The molecule has 150 valence electrons. The van der Waals surface area contributed by atoms with E-state index in [1.807, 2.05) is 25.3 Å². The van der Waals surface area contributed by atoms with Crippen LogP contribution in [0.1, 0.15) is 47.7 Å². The predicted octanol–water partition coefficient (Wildman–Crippen LogP) is 5.82. The Kier molecular flexibility index (Phi) is 6.73. The van der Waals surface area contributed by atoms with Crippen LogP contribution < -0.4 is 5.32 Å². The Morgan fingerprint density at radius 2 is 1.86 bits per heavy atom. The highest BCUT2D eigenvalue weighted by Gasteiger charge is 2.15. The molecule has 1 heterocycles. The third-order valence-corrected chi connectivity index (χ3v) is 4.75. The lowest BCUT2D eigenvalue weighted by molar-refractivity contribution is 0.235. The number of rotatable bonds is 6. The Morgan fingerprint density at radius 1 is 1.14 bits per heavy atom. The molecule has 2 N–H and O–H groups in total. The van der Waals surface area contributed by atoms with Gasteiger partial charge in [-0.05, 0) is 80.5 Å². The first-order chi connectivity index (χ1) is 13.9. The summed E-state index contributed by atoms with van der Waals surface area (Å²) in [6, 6.07) is 15.0. The highest BCUT2D eigenvalue weighted by Crippen LogP contribution is 2.29. The van der Waals surface area contributed by atoms with Gasteiger partial charge in [0.15, 0.2) is 0 Å². The summed E-state index contributed by atoms with van der Waals surface area (Å²) in [5.74, 6) is 0.671. The molecular formula is C26H29NO2. The van der Waals surface area contributed by atoms with Gasteiger partial charge in [-0.1, -0.05) is 53.6 Å². The number of aliphatic hydroxyl groups excluding tert-OH is 1. The Balaban J connectivity index is 1.85. The molecule has 2 unspecified atom stereocenters. The second-order valence-electron chi connectivity index (χ2n) is 7.54. The zero-order chi connectivity index (χ0) is 20.8. The first-order valence-electron chi connectivity index (χ1n) is 9.94. The molecular weight excluding hydrogens is 358 g/mol. The Hall–Kier alpha value is -3.04. The van der Waals surface area contributed by atoms with Crippen molar-refractivity contribution >= 4 is 11.6 Å². The minimum absolute atomic E-state index is 0.0748. The van der Waals surface area contributed by atoms with Gasteiger partial charge in [0, 0.05) is 0 Å². The van der Waals surface area contributed by atoms with E-state index >= 15 is 0 Å². The maximum Gasteiger partial charge on any atom is 0.0986 e. The normalized spacial score (nSPS) is 17.8. The van der Waals surface area contributed by atoms with Crippen LogP contribution in [-0.2, 0) is 4.74 Å². The Morgan fingerprint density at radius 3 is 2.59 bits per heavy atom. The van der Waals surface area contributed by atoms with Gasteiger partial charge in [0.1, 0.15) is 0 Å². The zero-order valence-corrected chi connectivity index (χ0v) is 17.5. The standard InChI is InChI=1S/C26H29NO2/c1-18-13-19(2)15-24(14-18)23-9-11-27-26(17-23)25-8-6-5-7-22(25)10-12-29-21(4)16-20(3)28/h5-17,20,26-28H,1-4H3/b12-10+,21-16-. The second kappa shape index (κ2) is 9.44. The second-order valence-corrected chi connectivity index (χ2v) is 7.54. The van der Waals surface area contributed by atoms with E-state index in [4.69, 9.17) is 4.74 Å². The number of dihydropyridines is 1. The molecule has 29 heavy (non-hydrogen) atoms. The fourth-order valence-electron chi connectivity index (χ4n) is 3.58. The number of allylic oxidation sites excluding steroid dienone is 3. The van der Waals surface area contributed by atoms with E-state index in [9.17, 15) is 5.11 Å². The van der Waals surface area contributed by atoms with Crippen molar-refractivity contribution < 1.29 is 9.84 Å². The number of aryl methyl sites for hydroxylation is 2. The molecule has 0 spiro atoms. The van der Waals surface area contributed by atoms with Gasteiger partial charge < -0.3 is 15.2 Å². The van der Waals surface area contributed by atoms with Crippen molar-refractivity contribution in [2.75, 3.05) is 0 Å². The Bertz CT molecular complexity index is 960. The van der Waals surface area contributed by atoms with Crippen LogP contribution in [0.3, 0.4) is 0 Å². The first-order valence-corrected chi connectivity index (χ1v) is 9.94. The van der Waals surface area contributed by atoms with Crippen molar-refractivity contribution in [2.45, 2.75) is 39.8 Å².